The molecule has 3 heteroatoms. The third kappa shape index (κ3) is 4.01. The molecule has 15 heavy (non-hydrogen) atoms. The van der Waals surface area contributed by atoms with Gasteiger partial charge >= 0.3 is 0 Å². The number of hydrogen-bond donors (Lipinski definition) is 1. The second-order valence-corrected chi connectivity index (χ2v) is 3.54. The molecule has 0 aliphatic rings. The maximum absolute atomic E-state index is 9.36. The van der Waals surface area contributed by atoms with Gasteiger partial charge in [-0.05, 0) is 19.1 Å². The first-order valence-electron chi connectivity index (χ1n) is 5.09. The van der Waals surface area contributed by atoms with Crippen LogP contribution in [0.1, 0.15) is 13.3 Å². The van der Waals surface area contributed by atoms with E-state index in [0.29, 0.717) is 19.5 Å². The number of nitriles is 1. The number of hydrogen-bond acceptors (Lipinski definition) is 3. The average Bonchev–Trinajstić information content (AvgIpc) is 2.25. The Morgan fingerprint density at radius 3 is 2.60 bits per heavy atom. The summed E-state index contributed by atoms with van der Waals surface area (Å²) in [5.41, 5.74) is 1.05. The van der Waals surface area contributed by atoms with Crippen molar-refractivity contribution in [1.82, 2.24) is 0 Å². The van der Waals surface area contributed by atoms with Crippen LogP contribution in [0.2, 0.25) is 0 Å². The summed E-state index contributed by atoms with van der Waals surface area (Å²) in [6.45, 7) is 2.97. The third-order valence-electron chi connectivity index (χ3n) is 2.10. The summed E-state index contributed by atoms with van der Waals surface area (Å²) >= 11 is 0. The molecule has 1 rings (SSSR count). The van der Waals surface area contributed by atoms with Gasteiger partial charge in [0.15, 0.2) is 0 Å². The molecule has 1 atom stereocenters. The zero-order chi connectivity index (χ0) is 11.1. The normalized spacial score (nSPS) is 11.8. The second kappa shape index (κ2) is 6.05. The van der Waals surface area contributed by atoms with Crippen LogP contribution in [0.25, 0.3) is 0 Å². The number of aliphatic hydroxyl groups excluding tert-OH is 1. The summed E-state index contributed by atoms with van der Waals surface area (Å²) in [7, 11) is 0. The van der Waals surface area contributed by atoms with Crippen LogP contribution < -0.4 is 4.90 Å². The van der Waals surface area contributed by atoms with E-state index in [1.807, 2.05) is 35.2 Å². The number of para-hydroxylation sites is 1. The summed E-state index contributed by atoms with van der Waals surface area (Å²) in [5.74, 6) is 0. The van der Waals surface area contributed by atoms with Crippen LogP contribution >= 0.6 is 0 Å². The number of rotatable bonds is 5. The minimum Gasteiger partial charge on any atom is -0.392 e. The minimum atomic E-state index is -0.385. The Labute approximate surface area is 90.6 Å². The fourth-order valence-electron chi connectivity index (χ4n) is 1.47. The molecule has 0 saturated heterocycles. The maximum atomic E-state index is 9.36. The molecule has 1 aromatic carbocycles. The highest BCUT2D eigenvalue weighted by Crippen LogP contribution is 2.13. The number of aliphatic hydroxyl groups is 1. The van der Waals surface area contributed by atoms with Crippen molar-refractivity contribution in [2.45, 2.75) is 19.4 Å². The molecule has 0 bridgehead atoms. The highest BCUT2D eigenvalue weighted by molar-refractivity contribution is 5.46. The molecule has 3 nitrogen and oxygen atoms in total. The predicted octanol–water partition coefficient (Wildman–Crippen LogP) is 1.79. The Hall–Kier alpha value is -1.53. The van der Waals surface area contributed by atoms with Gasteiger partial charge in [-0.1, -0.05) is 18.2 Å². The monoisotopic (exact) mass is 204 g/mol. The Balaban J connectivity index is 2.68. The van der Waals surface area contributed by atoms with E-state index in [9.17, 15) is 5.11 Å². The first kappa shape index (κ1) is 11.5. The van der Waals surface area contributed by atoms with Crippen molar-refractivity contribution in [1.29, 1.82) is 5.26 Å². The van der Waals surface area contributed by atoms with E-state index in [2.05, 4.69) is 6.07 Å². The summed E-state index contributed by atoms with van der Waals surface area (Å²) in [5, 5.41) is 17.9. The highest BCUT2D eigenvalue weighted by Gasteiger charge is 2.08. The van der Waals surface area contributed by atoms with E-state index < -0.39 is 0 Å². The van der Waals surface area contributed by atoms with Crippen molar-refractivity contribution in [3.05, 3.63) is 30.3 Å². The van der Waals surface area contributed by atoms with Crippen molar-refractivity contribution >= 4 is 5.69 Å². The van der Waals surface area contributed by atoms with Crippen molar-refractivity contribution in [3.8, 4) is 6.07 Å². The topological polar surface area (TPSA) is 47.3 Å². The van der Waals surface area contributed by atoms with E-state index in [0.717, 1.165) is 5.69 Å². The summed E-state index contributed by atoms with van der Waals surface area (Å²) in [4.78, 5) is 2.02. The Bertz CT molecular complexity index is 316. The minimum absolute atomic E-state index is 0.385. The zero-order valence-electron chi connectivity index (χ0n) is 8.93. The van der Waals surface area contributed by atoms with Crippen LogP contribution in [-0.4, -0.2) is 24.3 Å². The van der Waals surface area contributed by atoms with Gasteiger partial charge in [-0.25, -0.2) is 0 Å². The quantitative estimate of drug-likeness (QED) is 0.795. The van der Waals surface area contributed by atoms with Crippen molar-refractivity contribution in [3.63, 3.8) is 0 Å². The Morgan fingerprint density at radius 1 is 1.40 bits per heavy atom. The molecule has 0 radical (unpaired) electrons. The fourth-order valence-corrected chi connectivity index (χ4v) is 1.47. The molecule has 0 fully saturated rings. The molecule has 0 heterocycles. The maximum Gasteiger partial charge on any atom is 0.0687 e. The first-order chi connectivity index (χ1) is 7.24. The number of nitrogens with zero attached hydrogens (tertiary/aromatic N) is 2. The van der Waals surface area contributed by atoms with Crippen LogP contribution in [0, 0.1) is 11.3 Å². The summed E-state index contributed by atoms with van der Waals surface area (Å²) in [6, 6.07) is 12.0. The smallest absolute Gasteiger partial charge is 0.0687 e. The molecular weight excluding hydrogens is 188 g/mol. The molecule has 1 N–H and O–H groups in total. The van der Waals surface area contributed by atoms with Gasteiger partial charge in [-0.2, -0.15) is 5.26 Å². The van der Waals surface area contributed by atoms with Gasteiger partial charge in [0.2, 0.25) is 0 Å². The lowest BCUT2D eigenvalue weighted by atomic mass is 10.2. The van der Waals surface area contributed by atoms with Gasteiger partial charge < -0.3 is 10.0 Å². The first-order valence-corrected chi connectivity index (χ1v) is 5.09. The van der Waals surface area contributed by atoms with Gasteiger partial charge in [0.05, 0.1) is 18.6 Å². The van der Waals surface area contributed by atoms with Crippen LogP contribution in [0.3, 0.4) is 0 Å². The highest BCUT2D eigenvalue weighted by atomic mass is 16.3. The number of anilines is 1. The molecule has 80 valence electrons. The molecule has 1 aromatic rings. The molecule has 0 saturated carbocycles. The van der Waals surface area contributed by atoms with E-state index in [4.69, 9.17) is 5.26 Å². The Morgan fingerprint density at radius 2 is 2.07 bits per heavy atom. The van der Waals surface area contributed by atoms with Gasteiger partial charge in [0, 0.05) is 18.8 Å². The van der Waals surface area contributed by atoms with E-state index in [1.165, 1.54) is 0 Å². The van der Waals surface area contributed by atoms with Crippen molar-refractivity contribution in [2.75, 3.05) is 18.0 Å². The SMILES string of the molecule is C[C@@H](O)CN(CCC#N)c1ccccc1. The predicted molar refractivity (Wildman–Crippen MR) is 60.6 cm³/mol. The fraction of sp³-hybridized carbons (Fsp3) is 0.417. The molecule has 0 amide bonds. The molecule has 0 unspecified atom stereocenters. The standard InChI is InChI=1S/C12H16N2O/c1-11(15)10-14(9-5-8-13)12-6-3-2-4-7-12/h2-4,6-7,11,15H,5,9-10H2,1H3/t11-/m1/s1. The molecule has 0 aliphatic carbocycles. The van der Waals surface area contributed by atoms with Crippen molar-refractivity contribution in [2.24, 2.45) is 0 Å². The molecular formula is C12H16N2O. The molecule has 0 spiro atoms. The van der Waals surface area contributed by atoms with Gasteiger partial charge in [0.25, 0.3) is 0 Å². The Kier molecular flexibility index (Phi) is 4.65. The van der Waals surface area contributed by atoms with Crippen LogP contribution in [0.15, 0.2) is 30.3 Å². The average molecular weight is 204 g/mol. The van der Waals surface area contributed by atoms with Gasteiger partial charge in [-0.3, -0.25) is 0 Å². The van der Waals surface area contributed by atoms with Crippen LogP contribution in [-0.2, 0) is 0 Å². The van der Waals surface area contributed by atoms with E-state index >= 15 is 0 Å². The van der Waals surface area contributed by atoms with Gasteiger partial charge in [-0.15, -0.1) is 0 Å². The lowest BCUT2D eigenvalue weighted by molar-refractivity contribution is 0.200. The van der Waals surface area contributed by atoms with Crippen LogP contribution in [0.5, 0.6) is 0 Å². The van der Waals surface area contributed by atoms with E-state index in [1.54, 1.807) is 6.92 Å². The van der Waals surface area contributed by atoms with E-state index in [-0.39, 0.29) is 6.10 Å². The zero-order valence-corrected chi connectivity index (χ0v) is 8.93. The van der Waals surface area contributed by atoms with Crippen molar-refractivity contribution < 1.29 is 5.11 Å². The largest absolute Gasteiger partial charge is 0.392 e. The number of benzene rings is 1. The molecule has 0 aromatic heterocycles. The third-order valence-corrected chi connectivity index (χ3v) is 2.10. The lowest BCUT2D eigenvalue weighted by Gasteiger charge is -2.25. The lowest BCUT2D eigenvalue weighted by Crippen LogP contribution is -2.31. The molecule has 0 aliphatic heterocycles. The van der Waals surface area contributed by atoms with Crippen LogP contribution in [0.4, 0.5) is 5.69 Å². The summed E-state index contributed by atoms with van der Waals surface area (Å²) in [6.07, 6.45) is 0.0885. The van der Waals surface area contributed by atoms with Gasteiger partial charge in [0.1, 0.15) is 0 Å². The summed E-state index contributed by atoms with van der Waals surface area (Å²) < 4.78 is 0. The second-order valence-electron chi connectivity index (χ2n) is 3.54.